The zero-order chi connectivity index (χ0) is 28.9. The van der Waals surface area contributed by atoms with Crippen LogP contribution in [0.2, 0.25) is 0 Å². The Hall–Kier alpha value is -0.860. The van der Waals surface area contributed by atoms with Gasteiger partial charge in [0.2, 0.25) is 10.0 Å². The maximum Gasteiger partial charge on any atom is 0.328 e. The molecule has 0 aliphatic heterocycles. The first-order valence-electron chi connectivity index (χ1n) is 16.6. The Kier molecular flexibility index (Phi) is 8.93. The predicted molar refractivity (Wildman–Crippen MR) is 158 cm³/mol. The van der Waals surface area contributed by atoms with Crippen molar-refractivity contribution >= 4 is 16.1 Å². The number of sulfonamides is 1. The third kappa shape index (κ3) is 5.47. The van der Waals surface area contributed by atoms with E-state index in [-0.39, 0.29) is 35.0 Å². The number of rotatable bonds is 7. The monoisotopic (exact) mass is 580 g/mol. The minimum atomic E-state index is -3.62. The van der Waals surface area contributed by atoms with Gasteiger partial charge in [-0.05, 0) is 124 Å². The van der Waals surface area contributed by atoms with Crippen molar-refractivity contribution in [3.63, 3.8) is 0 Å². The molecular formula is C32H56N2O5S. The van der Waals surface area contributed by atoms with Gasteiger partial charge in [-0.2, -0.15) is 0 Å². The van der Waals surface area contributed by atoms with Gasteiger partial charge < -0.3 is 15.5 Å². The first-order valence-corrected chi connectivity index (χ1v) is 18.1. The van der Waals surface area contributed by atoms with Crippen LogP contribution in [0.4, 0.5) is 4.79 Å². The van der Waals surface area contributed by atoms with E-state index in [4.69, 9.17) is 0 Å². The largest absolute Gasteiger partial charge is 0.393 e. The van der Waals surface area contributed by atoms with Gasteiger partial charge in [0.1, 0.15) is 0 Å². The molecule has 5 saturated carbocycles. The molecular weight excluding hydrogens is 524 g/mol. The van der Waals surface area contributed by atoms with E-state index in [0.717, 1.165) is 57.8 Å². The molecule has 11 atom stereocenters. The number of carbonyl (C=O) groups is 1. The fourth-order valence-corrected chi connectivity index (χ4v) is 12.3. The summed E-state index contributed by atoms with van der Waals surface area (Å²) in [6.45, 7) is 9.16. The summed E-state index contributed by atoms with van der Waals surface area (Å²) in [5, 5.41) is 24.8. The molecule has 0 heterocycles. The second-order valence-electron chi connectivity index (χ2n) is 15.1. The van der Waals surface area contributed by atoms with Crippen LogP contribution in [0.5, 0.6) is 0 Å². The minimum absolute atomic E-state index is 0.0985. The van der Waals surface area contributed by atoms with Gasteiger partial charge in [-0.25, -0.2) is 17.9 Å². The molecule has 7 nitrogen and oxygen atoms in total. The molecule has 5 aliphatic carbocycles. The Labute approximate surface area is 243 Å². The molecule has 0 saturated heterocycles. The Morgan fingerprint density at radius 2 is 1.60 bits per heavy atom. The van der Waals surface area contributed by atoms with E-state index in [0.29, 0.717) is 42.4 Å². The molecule has 8 heteroatoms. The van der Waals surface area contributed by atoms with E-state index in [1.165, 1.54) is 25.7 Å². The van der Waals surface area contributed by atoms with Gasteiger partial charge in [-0.1, -0.05) is 46.5 Å². The average molecular weight is 581 g/mol. The lowest BCUT2D eigenvalue weighted by atomic mass is 9.41. The van der Waals surface area contributed by atoms with Crippen LogP contribution in [0.25, 0.3) is 0 Å². The summed E-state index contributed by atoms with van der Waals surface area (Å²) >= 11 is 0. The lowest BCUT2D eigenvalue weighted by Gasteiger charge is -2.64. The summed E-state index contributed by atoms with van der Waals surface area (Å²) < 4.78 is 27.6. The Morgan fingerprint density at radius 1 is 0.925 bits per heavy atom. The summed E-state index contributed by atoms with van der Waals surface area (Å²) in [4.78, 5) is 12.6. The van der Waals surface area contributed by atoms with Crippen molar-refractivity contribution in [3.05, 3.63) is 0 Å². The SMILES string of the molecule is CC[C@H]1[C@@H](O)[C@@H]2[C@H](CC[C@]3(C)[C@@H](CC[C@H](C)NC(=O)NS(=O)(=O)C4CCCCC4)CC[C@@H]23)[C@@]2(C)CC[C@@H](O)C[C@@H]12. The Morgan fingerprint density at radius 3 is 2.30 bits per heavy atom. The lowest BCUT2D eigenvalue weighted by Crippen LogP contribution is -2.62. The third-order valence-corrected chi connectivity index (χ3v) is 15.0. The van der Waals surface area contributed by atoms with Gasteiger partial charge in [0, 0.05) is 6.04 Å². The molecule has 2 amide bonds. The summed E-state index contributed by atoms with van der Waals surface area (Å²) in [7, 11) is -3.62. The van der Waals surface area contributed by atoms with Crippen molar-refractivity contribution in [3.8, 4) is 0 Å². The number of aliphatic hydroxyl groups excluding tert-OH is 2. The summed E-state index contributed by atoms with van der Waals surface area (Å²) in [6, 6.07) is -0.691. The van der Waals surface area contributed by atoms with E-state index in [1.807, 2.05) is 6.92 Å². The number of urea groups is 1. The zero-order valence-electron chi connectivity index (χ0n) is 25.4. The second kappa shape index (κ2) is 11.7. The smallest absolute Gasteiger partial charge is 0.328 e. The Balaban J connectivity index is 1.20. The molecule has 5 rings (SSSR count). The van der Waals surface area contributed by atoms with Crippen molar-refractivity contribution in [2.75, 3.05) is 0 Å². The van der Waals surface area contributed by atoms with Gasteiger partial charge in [0.05, 0.1) is 17.5 Å². The van der Waals surface area contributed by atoms with Crippen LogP contribution in [0.15, 0.2) is 0 Å². The summed E-state index contributed by atoms with van der Waals surface area (Å²) in [5.41, 5.74) is 0.414. The van der Waals surface area contributed by atoms with E-state index >= 15 is 0 Å². The maximum absolute atomic E-state index is 12.7. The van der Waals surface area contributed by atoms with Gasteiger partial charge in [0.25, 0.3) is 0 Å². The number of hydrogen-bond acceptors (Lipinski definition) is 5. The van der Waals surface area contributed by atoms with E-state index in [1.54, 1.807) is 0 Å². The maximum atomic E-state index is 12.7. The zero-order valence-corrected chi connectivity index (χ0v) is 26.2. The first kappa shape index (κ1) is 30.6. The fourth-order valence-electron chi connectivity index (χ4n) is 10.9. The molecule has 5 aliphatic rings. The third-order valence-electron chi connectivity index (χ3n) is 13.1. The predicted octanol–water partition coefficient (Wildman–Crippen LogP) is 5.74. The van der Waals surface area contributed by atoms with Crippen LogP contribution < -0.4 is 10.0 Å². The van der Waals surface area contributed by atoms with Gasteiger partial charge in [-0.15, -0.1) is 0 Å². The van der Waals surface area contributed by atoms with Crippen molar-refractivity contribution < 1.29 is 23.4 Å². The summed E-state index contributed by atoms with van der Waals surface area (Å²) in [5.74, 6) is 2.65. The molecule has 0 aromatic heterocycles. The molecule has 0 unspecified atom stereocenters. The molecule has 0 aromatic carbocycles. The molecule has 4 N–H and O–H groups in total. The van der Waals surface area contributed by atoms with Crippen LogP contribution in [0.1, 0.15) is 124 Å². The standard InChI is InChI=1S/C32H56N2O5S/c1-5-24-27-19-22(35)15-17-32(27,4)26-16-18-31(3)21(13-14-25(31)28(26)29(24)36)12-11-20(2)33-30(37)34-40(38,39)23-9-7-6-8-10-23/h20-29,35-36H,5-19H2,1-4H3,(H2,33,34,37)/t20-,21-,22+,24+,25-,26-,27-,28-,29+,31+,32+/m0/s1. The van der Waals surface area contributed by atoms with Crippen LogP contribution in [0.3, 0.4) is 0 Å². The van der Waals surface area contributed by atoms with Crippen LogP contribution in [0, 0.1) is 46.3 Å². The molecule has 5 fully saturated rings. The van der Waals surface area contributed by atoms with Gasteiger partial charge >= 0.3 is 6.03 Å². The number of aliphatic hydroxyl groups is 2. The van der Waals surface area contributed by atoms with E-state index in [2.05, 4.69) is 30.8 Å². The van der Waals surface area contributed by atoms with E-state index in [9.17, 15) is 23.4 Å². The second-order valence-corrected chi connectivity index (χ2v) is 17.0. The van der Waals surface area contributed by atoms with Crippen molar-refractivity contribution in [2.45, 2.75) is 148 Å². The highest BCUT2D eigenvalue weighted by Crippen LogP contribution is 2.69. The summed E-state index contributed by atoms with van der Waals surface area (Å²) in [6.07, 6.45) is 14.0. The molecule has 40 heavy (non-hydrogen) atoms. The molecule has 230 valence electrons. The number of fused-ring (bicyclic) bond motifs is 5. The normalized spacial score (nSPS) is 44.6. The highest BCUT2D eigenvalue weighted by molar-refractivity contribution is 7.90. The van der Waals surface area contributed by atoms with Gasteiger partial charge in [-0.3, -0.25) is 0 Å². The average Bonchev–Trinajstić information content (AvgIpc) is 3.25. The van der Waals surface area contributed by atoms with Crippen LogP contribution in [-0.4, -0.2) is 48.2 Å². The highest BCUT2D eigenvalue weighted by atomic mass is 32.2. The first-order chi connectivity index (χ1) is 18.9. The lowest BCUT2D eigenvalue weighted by molar-refractivity contribution is -0.202. The van der Waals surface area contributed by atoms with Crippen LogP contribution in [-0.2, 0) is 10.0 Å². The van der Waals surface area contributed by atoms with Crippen molar-refractivity contribution in [1.29, 1.82) is 0 Å². The molecule has 0 bridgehead atoms. The quantitative estimate of drug-likeness (QED) is 0.306. The van der Waals surface area contributed by atoms with E-state index < -0.39 is 21.3 Å². The molecule has 0 aromatic rings. The number of carbonyl (C=O) groups excluding carboxylic acids is 1. The number of nitrogens with one attached hydrogen (secondary N) is 2. The topological polar surface area (TPSA) is 116 Å². The molecule has 0 spiro atoms. The van der Waals surface area contributed by atoms with Crippen molar-refractivity contribution in [2.24, 2.45) is 46.3 Å². The van der Waals surface area contributed by atoms with Crippen molar-refractivity contribution in [1.82, 2.24) is 10.0 Å². The number of amides is 2. The van der Waals surface area contributed by atoms with Crippen LogP contribution >= 0.6 is 0 Å². The Bertz CT molecular complexity index is 1010. The number of hydrogen-bond donors (Lipinski definition) is 4. The molecule has 0 radical (unpaired) electrons. The highest BCUT2D eigenvalue weighted by Gasteiger charge is 2.64. The van der Waals surface area contributed by atoms with Gasteiger partial charge in [0.15, 0.2) is 0 Å². The fraction of sp³-hybridized carbons (Fsp3) is 0.969. The minimum Gasteiger partial charge on any atom is -0.393 e.